The van der Waals surface area contributed by atoms with Gasteiger partial charge in [-0.15, -0.1) is 5.10 Å². The molecule has 0 N–H and O–H groups in total. The minimum Gasteiger partial charge on any atom is -0.294 e. The largest absolute Gasteiger partial charge is 0.394 e. The van der Waals surface area contributed by atoms with Crippen molar-refractivity contribution in [2.45, 2.75) is 52.6 Å². The Balaban J connectivity index is 2.18. The molecule has 0 spiro atoms. The van der Waals surface area contributed by atoms with Crippen LogP contribution in [0, 0.1) is 11.2 Å². The maximum atomic E-state index is 14.1. The Bertz CT molecular complexity index is 1200. The first kappa shape index (κ1) is 24.8. The molecule has 0 bridgehead atoms. The van der Waals surface area contributed by atoms with E-state index in [0.29, 0.717) is 22.6 Å². The van der Waals surface area contributed by atoms with Gasteiger partial charge in [0.25, 0.3) is 0 Å². The van der Waals surface area contributed by atoms with Crippen molar-refractivity contribution in [1.29, 1.82) is 0 Å². The van der Waals surface area contributed by atoms with Gasteiger partial charge in [-0.2, -0.15) is 17.9 Å². The van der Waals surface area contributed by atoms with Gasteiger partial charge in [0.05, 0.1) is 16.1 Å². The van der Waals surface area contributed by atoms with E-state index in [0.717, 1.165) is 13.8 Å². The predicted octanol–water partition coefficient (Wildman–Crippen LogP) is 6.58. The fourth-order valence-electron chi connectivity index (χ4n) is 3.17. The van der Waals surface area contributed by atoms with E-state index in [1.54, 1.807) is 12.1 Å². The molecule has 176 valence electrons. The second-order valence-corrected chi connectivity index (χ2v) is 9.95. The van der Waals surface area contributed by atoms with Crippen LogP contribution in [0.2, 0.25) is 5.02 Å². The number of Topliss-reactive ketones (excluding diaryl/α,β-unsaturated/α-hetero) is 1. The Hall–Kier alpha value is -2.81. The molecule has 1 aromatic heterocycles. The van der Waals surface area contributed by atoms with Gasteiger partial charge in [0, 0.05) is 17.4 Å². The SMILES string of the molecule is CC(C)(C)c1nnnn1-c1cc(C(=O)CC(C)(C)C(F)(F)F)cc(-c2ccc(Cl)c(F)c2)c1. The first-order chi connectivity index (χ1) is 15.1. The lowest BCUT2D eigenvalue weighted by atomic mass is 9.84. The third-order valence-corrected chi connectivity index (χ3v) is 5.55. The van der Waals surface area contributed by atoms with Crippen LogP contribution in [0.25, 0.3) is 16.8 Å². The maximum absolute atomic E-state index is 14.1. The van der Waals surface area contributed by atoms with Crippen LogP contribution in [-0.2, 0) is 5.41 Å². The van der Waals surface area contributed by atoms with Gasteiger partial charge in [0.1, 0.15) is 5.82 Å². The molecule has 0 aliphatic heterocycles. The third-order valence-electron chi connectivity index (χ3n) is 5.25. The molecular formula is C23H23ClF4N4O. The number of hydrogen-bond donors (Lipinski definition) is 0. The summed E-state index contributed by atoms with van der Waals surface area (Å²) in [5.41, 5.74) is -1.48. The minimum absolute atomic E-state index is 0.0329. The molecule has 0 aliphatic rings. The summed E-state index contributed by atoms with van der Waals surface area (Å²) < 4.78 is 55.7. The van der Waals surface area contributed by atoms with E-state index in [9.17, 15) is 22.4 Å². The number of carbonyl (C=O) groups is 1. The van der Waals surface area contributed by atoms with Crippen LogP contribution in [0.1, 0.15) is 57.2 Å². The molecule has 0 unspecified atom stereocenters. The van der Waals surface area contributed by atoms with Crippen molar-refractivity contribution >= 4 is 17.4 Å². The van der Waals surface area contributed by atoms with Gasteiger partial charge in [-0.25, -0.2) is 4.39 Å². The van der Waals surface area contributed by atoms with Crippen LogP contribution >= 0.6 is 11.6 Å². The molecule has 5 nitrogen and oxygen atoms in total. The van der Waals surface area contributed by atoms with E-state index in [4.69, 9.17) is 11.6 Å². The number of nitrogens with zero attached hydrogens (tertiary/aromatic N) is 4. The smallest absolute Gasteiger partial charge is 0.294 e. The number of carbonyl (C=O) groups excluding carboxylic acids is 1. The zero-order valence-corrected chi connectivity index (χ0v) is 19.5. The zero-order valence-electron chi connectivity index (χ0n) is 18.8. The molecule has 3 aromatic rings. The summed E-state index contributed by atoms with van der Waals surface area (Å²) in [7, 11) is 0. The van der Waals surface area contributed by atoms with E-state index in [1.807, 2.05) is 20.8 Å². The fourth-order valence-corrected chi connectivity index (χ4v) is 3.29. The first-order valence-corrected chi connectivity index (χ1v) is 10.5. The molecule has 33 heavy (non-hydrogen) atoms. The summed E-state index contributed by atoms with van der Waals surface area (Å²) in [6.07, 6.45) is -5.31. The number of alkyl halides is 3. The summed E-state index contributed by atoms with van der Waals surface area (Å²) in [6.45, 7) is 7.63. The summed E-state index contributed by atoms with van der Waals surface area (Å²) in [6, 6.07) is 8.63. The van der Waals surface area contributed by atoms with Crippen molar-refractivity contribution in [3.8, 4) is 16.8 Å². The van der Waals surface area contributed by atoms with Gasteiger partial charge in [-0.05, 0) is 51.9 Å². The molecule has 0 radical (unpaired) electrons. The second-order valence-electron chi connectivity index (χ2n) is 9.54. The van der Waals surface area contributed by atoms with Gasteiger partial charge in [0.15, 0.2) is 11.6 Å². The Morgan fingerprint density at radius 3 is 2.24 bits per heavy atom. The van der Waals surface area contributed by atoms with Crippen LogP contribution in [-0.4, -0.2) is 32.2 Å². The lowest BCUT2D eigenvalue weighted by Crippen LogP contribution is -2.34. The van der Waals surface area contributed by atoms with Crippen molar-refractivity contribution in [3.63, 3.8) is 0 Å². The van der Waals surface area contributed by atoms with E-state index < -0.39 is 35.0 Å². The number of aromatic nitrogens is 4. The van der Waals surface area contributed by atoms with E-state index in [-0.39, 0.29) is 10.6 Å². The highest BCUT2D eigenvalue weighted by molar-refractivity contribution is 6.30. The van der Waals surface area contributed by atoms with Gasteiger partial charge < -0.3 is 0 Å². The quantitative estimate of drug-likeness (QED) is 0.304. The number of ketones is 1. The lowest BCUT2D eigenvalue weighted by Gasteiger charge is -2.27. The first-order valence-electron chi connectivity index (χ1n) is 10.1. The van der Waals surface area contributed by atoms with Gasteiger partial charge in [-0.3, -0.25) is 4.79 Å². The molecule has 10 heteroatoms. The van der Waals surface area contributed by atoms with Crippen molar-refractivity contribution < 1.29 is 22.4 Å². The van der Waals surface area contributed by atoms with Gasteiger partial charge in [-0.1, -0.05) is 52.3 Å². The van der Waals surface area contributed by atoms with E-state index in [1.165, 1.54) is 28.9 Å². The van der Waals surface area contributed by atoms with Crippen LogP contribution in [0.15, 0.2) is 36.4 Å². The summed E-state index contributed by atoms with van der Waals surface area (Å²) in [5, 5.41) is 11.7. The predicted molar refractivity (Wildman–Crippen MR) is 117 cm³/mol. The molecular weight excluding hydrogens is 460 g/mol. The molecule has 1 heterocycles. The van der Waals surface area contributed by atoms with E-state index >= 15 is 0 Å². The Morgan fingerprint density at radius 1 is 1.00 bits per heavy atom. The highest BCUT2D eigenvalue weighted by Crippen LogP contribution is 2.41. The average molecular weight is 483 g/mol. The second kappa shape index (κ2) is 8.52. The van der Waals surface area contributed by atoms with Crippen LogP contribution < -0.4 is 0 Å². The summed E-state index contributed by atoms with van der Waals surface area (Å²) >= 11 is 5.78. The standard InChI is InChI=1S/C23H23ClF4N4O/c1-21(2,3)20-29-30-31-32(20)16-9-14(13-6-7-17(24)18(25)11-13)8-15(10-16)19(33)12-22(4,5)23(26,27)28/h6-11H,12H2,1-5H3. The topological polar surface area (TPSA) is 60.7 Å². The maximum Gasteiger partial charge on any atom is 0.394 e. The lowest BCUT2D eigenvalue weighted by molar-refractivity contribution is -0.209. The normalized spacial score (nSPS) is 12.8. The highest BCUT2D eigenvalue weighted by Gasteiger charge is 2.48. The molecule has 2 aromatic carbocycles. The third kappa shape index (κ3) is 5.24. The molecule has 0 saturated heterocycles. The fraction of sp³-hybridized carbons (Fsp3) is 0.391. The van der Waals surface area contributed by atoms with Crippen LogP contribution in [0.5, 0.6) is 0 Å². The Kier molecular flexibility index (Phi) is 6.41. The number of benzene rings is 2. The van der Waals surface area contributed by atoms with Crippen molar-refractivity contribution in [3.05, 3.63) is 58.6 Å². The molecule has 0 fully saturated rings. The van der Waals surface area contributed by atoms with Crippen molar-refractivity contribution in [1.82, 2.24) is 20.2 Å². The summed E-state index contributed by atoms with van der Waals surface area (Å²) in [5.74, 6) is -0.889. The average Bonchev–Trinajstić information content (AvgIpc) is 3.19. The minimum atomic E-state index is -4.56. The molecule has 0 saturated carbocycles. The van der Waals surface area contributed by atoms with Crippen LogP contribution in [0.4, 0.5) is 17.6 Å². The number of rotatable bonds is 5. The zero-order chi connectivity index (χ0) is 24.8. The molecule has 3 rings (SSSR count). The highest BCUT2D eigenvalue weighted by atomic mass is 35.5. The van der Waals surface area contributed by atoms with Crippen molar-refractivity contribution in [2.24, 2.45) is 5.41 Å². The monoisotopic (exact) mass is 482 g/mol. The molecule has 0 amide bonds. The Morgan fingerprint density at radius 2 is 1.67 bits per heavy atom. The summed E-state index contributed by atoms with van der Waals surface area (Å²) in [4.78, 5) is 13.0. The molecule has 0 atom stereocenters. The van der Waals surface area contributed by atoms with Gasteiger partial charge >= 0.3 is 6.18 Å². The number of halogens is 5. The number of tetrazole rings is 1. The van der Waals surface area contributed by atoms with Crippen molar-refractivity contribution in [2.75, 3.05) is 0 Å². The van der Waals surface area contributed by atoms with E-state index in [2.05, 4.69) is 15.5 Å². The van der Waals surface area contributed by atoms with Crippen LogP contribution in [0.3, 0.4) is 0 Å². The number of hydrogen-bond acceptors (Lipinski definition) is 4. The Labute approximate surface area is 193 Å². The van der Waals surface area contributed by atoms with Gasteiger partial charge in [0.2, 0.25) is 0 Å². The molecule has 0 aliphatic carbocycles.